The Morgan fingerprint density at radius 2 is 1.96 bits per heavy atom. The van der Waals surface area contributed by atoms with Crippen molar-refractivity contribution in [1.29, 1.82) is 0 Å². The van der Waals surface area contributed by atoms with Crippen LogP contribution in [0.25, 0.3) is 0 Å². The molecular weight excluding hydrogens is 352 g/mol. The van der Waals surface area contributed by atoms with Gasteiger partial charge in [-0.2, -0.15) is 0 Å². The highest BCUT2D eigenvalue weighted by Crippen LogP contribution is 2.13. The van der Waals surface area contributed by atoms with Crippen molar-refractivity contribution in [1.82, 2.24) is 5.32 Å². The standard InChI is InChI=1S/C20H24N2O3.ClH/c23-20(19-14-21-10-12-25-19)22-18-8-4-7-17(13-18)15-24-11-9-16-5-2-1-3-6-16;/h1-8,13,19,21H,9-12,14-15H2,(H,22,23);1H. The lowest BCUT2D eigenvalue weighted by Gasteiger charge is -2.22. The molecule has 0 aromatic heterocycles. The highest BCUT2D eigenvalue weighted by molar-refractivity contribution is 5.94. The number of morpholine rings is 1. The molecule has 1 atom stereocenters. The number of anilines is 1. The number of carbonyl (C=O) groups is 1. The number of amides is 1. The molecular formula is C20H25ClN2O3. The van der Waals surface area contributed by atoms with Gasteiger partial charge in [-0.25, -0.2) is 0 Å². The molecule has 2 N–H and O–H groups in total. The maximum atomic E-state index is 12.2. The van der Waals surface area contributed by atoms with Gasteiger partial charge < -0.3 is 20.1 Å². The Bertz CT molecular complexity index is 676. The van der Waals surface area contributed by atoms with Crippen molar-refractivity contribution < 1.29 is 14.3 Å². The zero-order valence-corrected chi connectivity index (χ0v) is 15.5. The van der Waals surface area contributed by atoms with Crippen LogP contribution in [0, 0.1) is 0 Å². The normalized spacial score (nSPS) is 16.5. The van der Waals surface area contributed by atoms with E-state index in [1.165, 1.54) is 5.56 Å². The van der Waals surface area contributed by atoms with Crippen LogP contribution in [0.15, 0.2) is 54.6 Å². The third-order valence-electron chi connectivity index (χ3n) is 4.06. The summed E-state index contributed by atoms with van der Waals surface area (Å²) >= 11 is 0. The summed E-state index contributed by atoms with van der Waals surface area (Å²) in [6.07, 6.45) is 0.461. The van der Waals surface area contributed by atoms with Crippen LogP contribution in [0.3, 0.4) is 0 Å². The molecule has 5 nitrogen and oxygen atoms in total. The van der Waals surface area contributed by atoms with E-state index in [4.69, 9.17) is 9.47 Å². The zero-order valence-electron chi connectivity index (χ0n) is 14.6. The molecule has 1 heterocycles. The van der Waals surface area contributed by atoms with Crippen LogP contribution in [0.4, 0.5) is 5.69 Å². The number of carbonyl (C=O) groups excluding carboxylic acids is 1. The molecule has 1 saturated heterocycles. The van der Waals surface area contributed by atoms with Crippen LogP contribution in [-0.4, -0.2) is 38.3 Å². The molecule has 0 saturated carbocycles. The molecule has 1 aliphatic heterocycles. The summed E-state index contributed by atoms with van der Waals surface area (Å²) < 4.78 is 11.2. The predicted molar refractivity (Wildman–Crippen MR) is 105 cm³/mol. The molecule has 0 radical (unpaired) electrons. The lowest BCUT2D eigenvalue weighted by molar-refractivity contribution is -0.128. The number of hydrogen-bond donors (Lipinski definition) is 2. The molecule has 0 aliphatic carbocycles. The highest BCUT2D eigenvalue weighted by atomic mass is 35.5. The smallest absolute Gasteiger partial charge is 0.254 e. The summed E-state index contributed by atoms with van der Waals surface area (Å²) in [5.74, 6) is -0.116. The van der Waals surface area contributed by atoms with E-state index in [1.54, 1.807) is 0 Å². The number of hydrogen-bond acceptors (Lipinski definition) is 4. The van der Waals surface area contributed by atoms with Gasteiger partial charge in [0.15, 0.2) is 0 Å². The van der Waals surface area contributed by atoms with Crippen molar-refractivity contribution in [3.8, 4) is 0 Å². The molecule has 6 heteroatoms. The Balaban J connectivity index is 0.00000243. The third-order valence-corrected chi connectivity index (χ3v) is 4.06. The molecule has 140 valence electrons. The van der Waals surface area contributed by atoms with E-state index in [2.05, 4.69) is 22.8 Å². The van der Waals surface area contributed by atoms with Gasteiger partial charge in [-0.05, 0) is 29.7 Å². The summed E-state index contributed by atoms with van der Waals surface area (Å²) in [7, 11) is 0. The highest BCUT2D eigenvalue weighted by Gasteiger charge is 2.21. The van der Waals surface area contributed by atoms with Gasteiger partial charge >= 0.3 is 0 Å². The van der Waals surface area contributed by atoms with Crippen LogP contribution in [-0.2, 0) is 27.3 Å². The van der Waals surface area contributed by atoms with E-state index in [0.717, 1.165) is 24.2 Å². The van der Waals surface area contributed by atoms with E-state index >= 15 is 0 Å². The fourth-order valence-corrected chi connectivity index (χ4v) is 2.72. The van der Waals surface area contributed by atoms with E-state index in [1.807, 2.05) is 42.5 Å². The molecule has 0 bridgehead atoms. The molecule has 1 unspecified atom stereocenters. The molecule has 0 spiro atoms. The van der Waals surface area contributed by atoms with Gasteiger partial charge in [0.25, 0.3) is 5.91 Å². The number of nitrogens with one attached hydrogen (secondary N) is 2. The number of rotatable bonds is 7. The van der Waals surface area contributed by atoms with Crippen LogP contribution < -0.4 is 10.6 Å². The van der Waals surface area contributed by atoms with Crippen LogP contribution >= 0.6 is 12.4 Å². The fourth-order valence-electron chi connectivity index (χ4n) is 2.72. The average molecular weight is 377 g/mol. The van der Waals surface area contributed by atoms with Gasteiger partial charge in [-0.1, -0.05) is 42.5 Å². The zero-order chi connectivity index (χ0) is 17.3. The molecule has 1 aliphatic rings. The summed E-state index contributed by atoms with van der Waals surface area (Å²) in [6, 6.07) is 18.0. The van der Waals surface area contributed by atoms with Crippen molar-refractivity contribution >= 4 is 24.0 Å². The summed E-state index contributed by atoms with van der Waals surface area (Å²) in [5.41, 5.74) is 3.07. The van der Waals surface area contributed by atoms with Gasteiger partial charge in [0.2, 0.25) is 0 Å². The Morgan fingerprint density at radius 1 is 1.15 bits per heavy atom. The molecule has 26 heavy (non-hydrogen) atoms. The first-order valence-corrected chi connectivity index (χ1v) is 8.65. The van der Waals surface area contributed by atoms with E-state index < -0.39 is 6.10 Å². The average Bonchev–Trinajstić information content (AvgIpc) is 2.67. The fraction of sp³-hybridized carbons (Fsp3) is 0.350. The van der Waals surface area contributed by atoms with Gasteiger partial charge in [0.05, 0.1) is 19.8 Å². The van der Waals surface area contributed by atoms with E-state index in [0.29, 0.717) is 26.4 Å². The van der Waals surface area contributed by atoms with Gasteiger partial charge in [-0.15, -0.1) is 12.4 Å². The minimum Gasteiger partial charge on any atom is -0.376 e. The van der Waals surface area contributed by atoms with Gasteiger partial charge in [0, 0.05) is 18.8 Å². The lowest BCUT2D eigenvalue weighted by Crippen LogP contribution is -2.45. The van der Waals surface area contributed by atoms with Gasteiger partial charge in [0.1, 0.15) is 6.10 Å². The minimum atomic E-state index is -0.431. The molecule has 2 aromatic rings. The third kappa shape index (κ3) is 6.42. The van der Waals surface area contributed by atoms with E-state index in [9.17, 15) is 4.79 Å². The molecule has 1 fully saturated rings. The second-order valence-electron chi connectivity index (χ2n) is 6.04. The minimum absolute atomic E-state index is 0. The maximum absolute atomic E-state index is 12.2. The van der Waals surface area contributed by atoms with Crippen LogP contribution in [0.5, 0.6) is 0 Å². The first kappa shape index (κ1) is 20.4. The number of benzene rings is 2. The van der Waals surface area contributed by atoms with E-state index in [-0.39, 0.29) is 18.3 Å². The number of ether oxygens (including phenoxy) is 2. The maximum Gasteiger partial charge on any atom is 0.254 e. The van der Waals surface area contributed by atoms with Crippen molar-refractivity contribution in [2.24, 2.45) is 0 Å². The lowest BCUT2D eigenvalue weighted by atomic mass is 10.2. The Labute approximate surface area is 160 Å². The van der Waals surface area contributed by atoms with Gasteiger partial charge in [-0.3, -0.25) is 4.79 Å². The first-order valence-electron chi connectivity index (χ1n) is 8.65. The van der Waals surface area contributed by atoms with Crippen LogP contribution in [0.1, 0.15) is 11.1 Å². The predicted octanol–water partition coefficient (Wildman–Crippen LogP) is 2.79. The topological polar surface area (TPSA) is 59.6 Å². The second-order valence-corrected chi connectivity index (χ2v) is 6.04. The Kier molecular flexibility index (Phi) is 8.58. The summed E-state index contributed by atoms with van der Waals surface area (Å²) in [4.78, 5) is 12.2. The SMILES string of the molecule is Cl.O=C(Nc1cccc(COCCc2ccccc2)c1)C1CNCCO1. The van der Waals surface area contributed by atoms with Crippen molar-refractivity contribution in [3.63, 3.8) is 0 Å². The molecule has 3 rings (SSSR count). The Hall–Kier alpha value is -1.92. The quantitative estimate of drug-likeness (QED) is 0.729. The Morgan fingerprint density at radius 3 is 2.73 bits per heavy atom. The first-order chi connectivity index (χ1) is 12.3. The summed E-state index contributed by atoms with van der Waals surface area (Å²) in [6.45, 7) is 3.10. The van der Waals surface area contributed by atoms with Crippen molar-refractivity contribution in [2.45, 2.75) is 19.1 Å². The molecule has 1 amide bonds. The van der Waals surface area contributed by atoms with Crippen molar-refractivity contribution in [3.05, 3.63) is 65.7 Å². The second kappa shape index (κ2) is 10.9. The monoisotopic (exact) mass is 376 g/mol. The van der Waals surface area contributed by atoms with Crippen molar-refractivity contribution in [2.75, 3.05) is 31.6 Å². The van der Waals surface area contributed by atoms with Crippen LogP contribution in [0.2, 0.25) is 0 Å². The number of halogens is 1. The largest absolute Gasteiger partial charge is 0.376 e. The summed E-state index contributed by atoms with van der Waals surface area (Å²) in [5, 5.41) is 6.06. The molecule has 2 aromatic carbocycles.